The van der Waals surface area contributed by atoms with E-state index in [2.05, 4.69) is 10.4 Å². The molecule has 1 unspecified atom stereocenters. The van der Waals surface area contributed by atoms with Gasteiger partial charge in [-0.1, -0.05) is 0 Å². The van der Waals surface area contributed by atoms with Crippen LogP contribution in [0.1, 0.15) is 12.1 Å². The molecule has 0 fully saturated rings. The maximum absolute atomic E-state index is 11.6. The fourth-order valence-corrected chi connectivity index (χ4v) is 1.69. The van der Waals surface area contributed by atoms with Gasteiger partial charge in [0.1, 0.15) is 0 Å². The summed E-state index contributed by atoms with van der Waals surface area (Å²) < 4.78 is 1.76. The maximum Gasteiger partial charge on any atom is 0.220 e. The van der Waals surface area contributed by atoms with Crippen molar-refractivity contribution in [3.05, 3.63) is 18.0 Å². The van der Waals surface area contributed by atoms with E-state index < -0.39 is 6.10 Å². The van der Waals surface area contributed by atoms with E-state index in [1.54, 1.807) is 10.9 Å². The monoisotopic (exact) mass is 254 g/mol. The number of likely N-dealkylation sites (N-methyl/N-ethyl adjacent to an activating group) is 1. The Labute approximate surface area is 108 Å². The van der Waals surface area contributed by atoms with Crippen molar-refractivity contribution in [2.45, 2.75) is 18.9 Å². The Balaban J connectivity index is 2.20. The van der Waals surface area contributed by atoms with Crippen LogP contribution in [0.5, 0.6) is 0 Å². The van der Waals surface area contributed by atoms with Crippen molar-refractivity contribution < 1.29 is 9.90 Å². The van der Waals surface area contributed by atoms with Crippen LogP contribution in [0.4, 0.5) is 0 Å². The topological polar surface area (TPSA) is 70.4 Å². The van der Waals surface area contributed by atoms with Gasteiger partial charge in [0.25, 0.3) is 0 Å². The molecule has 0 aromatic carbocycles. The Morgan fingerprint density at radius 3 is 2.89 bits per heavy atom. The van der Waals surface area contributed by atoms with E-state index in [4.69, 9.17) is 0 Å². The highest BCUT2D eigenvalue weighted by molar-refractivity contribution is 5.76. The predicted octanol–water partition coefficient (Wildman–Crippen LogP) is -0.609. The van der Waals surface area contributed by atoms with Gasteiger partial charge >= 0.3 is 0 Å². The maximum atomic E-state index is 11.6. The molecular weight excluding hydrogens is 232 g/mol. The summed E-state index contributed by atoms with van der Waals surface area (Å²) in [6, 6.07) is 1.90. The van der Waals surface area contributed by atoms with Crippen LogP contribution < -0.4 is 5.32 Å². The number of aliphatic hydroxyl groups excluding tert-OH is 1. The van der Waals surface area contributed by atoms with E-state index in [1.165, 1.54) is 0 Å². The van der Waals surface area contributed by atoms with Crippen molar-refractivity contribution in [3.8, 4) is 0 Å². The molecule has 6 nitrogen and oxygen atoms in total. The summed E-state index contributed by atoms with van der Waals surface area (Å²) in [5.41, 5.74) is 1.03. The molecule has 1 rings (SSSR count). The van der Waals surface area contributed by atoms with Crippen LogP contribution in [0.25, 0.3) is 0 Å². The number of nitrogens with one attached hydrogen (secondary N) is 1. The largest absolute Gasteiger partial charge is 0.390 e. The number of hydrogen-bond acceptors (Lipinski definition) is 4. The minimum atomic E-state index is -0.527. The first-order chi connectivity index (χ1) is 8.49. The lowest BCUT2D eigenvalue weighted by atomic mass is 10.2. The summed E-state index contributed by atoms with van der Waals surface area (Å²) in [5, 5.41) is 16.4. The third-order valence-electron chi connectivity index (χ3n) is 2.64. The van der Waals surface area contributed by atoms with Crippen molar-refractivity contribution in [2.75, 3.05) is 27.2 Å². The van der Waals surface area contributed by atoms with E-state index in [-0.39, 0.29) is 5.91 Å². The zero-order valence-electron chi connectivity index (χ0n) is 11.3. The minimum Gasteiger partial charge on any atom is -0.390 e. The third kappa shape index (κ3) is 5.29. The Hall–Kier alpha value is -1.40. The lowest BCUT2D eigenvalue weighted by Gasteiger charge is -2.16. The summed E-state index contributed by atoms with van der Waals surface area (Å²) in [5.74, 6) is -0.0472. The number of rotatable bonds is 7. The molecule has 0 spiro atoms. The van der Waals surface area contributed by atoms with E-state index in [0.29, 0.717) is 25.9 Å². The quantitative estimate of drug-likeness (QED) is 0.681. The molecule has 1 aromatic rings. The molecule has 6 heteroatoms. The van der Waals surface area contributed by atoms with Gasteiger partial charge in [-0.05, 0) is 26.6 Å². The average Bonchev–Trinajstić information content (AvgIpc) is 2.68. The summed E-state index contributed by atoms with van der Waals surface area (Å²) in [7, 11) is 5.62. The summed E-state index contributed by atoms with van der Waals surface area (Å²) in [6.07, 6.45) is 2.26. The van der Waals surface area contributed by atoms with Crippen LogP contribution >= 0.6 is 0 Å². The zero-order valence-corrected chi connectivity index (χ0v) is 11.3. The van der Waals surface area contributed by atoms with E-state index in [0.717, 1.165) is 5.69 Å². The normalized spacial score (nSPS) is 12.7. The molecule has 0 radical (unpaired) electrons. The summed E-state index contributed by atoms with van der Waals surface area (Å²) in [6.45, 7) is 0.838. The zero-order chi connectivity index (χ0) is 13.5. The first-order valence-electron chi connectivity index (χ1n) is 6.05. The lowest BCUT2D eigenvalue weighted by Crippen LogP contribution is -2.37. The predicted molar refractivity (Wildman–Crippen MR) is 69.1 cm³/mol. The first-order valence-corrected chi connectivity index (χ1v) is 6.05. The highest BCUT2D eigenvalue weighted by atomic mass is 16.3. The Morgan fingerprint density at radius 1 is 1.61 bits per heavy atom. The molecule has 1 atom stereocenters. The number of amides is 1. The van der Waals surface area contributed by atoms with Gasteiger partial charge in [0.05, 0.1) is 6.10 Å². The Kier molecular flexibility index (Phi) is 5.80. The molecule has 0 aliphatic carbocycles. The molecule has 18 heavy (non-hydrogen) atoms. The highest BCUT2D eigenvalue weighted by Crippen LogP contribution is 2.00. The molecular formula is C12H22N4O2. The molecule has 0 aliphatic heterocycles. The van der Waals surface area contributed by atoms with Crippen LogP contribution in [0, 0.1) is 0 Å². The number of aromatic nitrogens is 2. The number of carbonyl (C=O) groups excluding carboxylic acids is 1. The second-order valence-corrected chi connectivity index (χ2v) is 4.67. The Bertz CT molecular complexity index is 376. The van der Waals surface area contributed by atoms with E-state index >= 15 is 0 Å². The molecule has 0 saturated heterocycles. The molecule has 0 aliphatic rings. The second-order valence-electron chi connectivity index (χ2n) is 4.67. The van der Waals surface area contributed by atoms with Crippen molar-refractivity contribution >= 4 is 5.91 Å². The molecule has 1 heterocycles. The molecule has 1 amide bonds. The van der Waals surface area contributed by atoms with Crippen molar-refractivity contribution in [3.63, 3.8) is 0 Å². The van der Waals surface area contributed by atoms with Crippen LogP contribution in [0.3, 0.4) is 0 Å². The van der Waals surface area contributed by atoms with Gasteiger partial charge < -0.3 is 15.3 Å². The number of aryl methyl sites for hydroxylation is 2. The fourth-order valence-electron chi connectivity index (χ4n) is 1.69. The van der Waals surface area contributed by atoms with Crippen LogP contribution in [0.2, 0.25) is 0 Å². The van der Waals surface area contributed by atoms with Crippen LogP contribution in [0.15, 0.2) is 12.3 Å². The van der Waals surface area contributed by atoms with Gasteiger partial charge in [0, 0.05) is 38.4 Å². The van der Waals surface area contributed by atoms with Gasteiger partial charge in [0.15, 0.2) is 0 Å². The van der Waals surface area contributed by atoms with E-state index in [1.807, 2.05) is 32.1 Å². The van der Waals surface area contributed by atoms with Crippen molar-refractivity contribution in [1.29, 1.82) is 0 Å². The highest BCUT2D eigenvalue weighted by Gasteiger charge is 2.09. The van der Waals surface area contributed by atoms with Crippen LogP contribution in [-0.2, 0) is 18.3 Å². The van der Waals surface area contributed by atoms with Gasteiger partial charge in [-0.25, -0.2) is 0 Å². The van der Waals surface area contributed by atoms with E-state index in [9.17, 15) is 9.90 Å². The summed E-state index contributed by atoms with van der Waals surface area (Å²) >= 11 is 0. The number of nitrogens with zero attached hydrogens (tertiary/aromatic N) is 3. The number of aliphatic hydroxyl groups is 1. The number of carbonyl (C=O) groups is 1. The van der Waals surface area contributed by atoms with Crippen molar-refractivity contribution in [2.24, 2.45) is 7.05 Å². The number of hydrogen-bond donors (Lipinski definition) is 2. The molecule has 0 bridgehead atoms. The van der Waals surface area contributed by atoms with Gasteiger partial charge in [0.2, 0.25) is 5.91 Å². The SMILES string of the molecule is CN(C)CC(O)CNC(=O)CCc1ccnn1C. The molecule has 0 saturated carbocycles. The standard InChI is InChI=1S/C12H22N4O2/c1-15(2)9-11(17)8-13-12(18)5-4-10-6-7-14-16(10)3/h6-7,11,17H,4-5,8-9H2,1-3H3,(H,13,18). The first kappa shape index (κ1) is 14.7. The molecule has 102 valence electrons. The molecule has 1 aromatic heterocycles. The Morgan fingerprint density at radius 2 is 2.33 bits per heavy atom. The minimum absolute atomic E-state index is 0.0472. The van der Waals surface area contributed by atoms with Crippen molar-refractivity contribution in [1.82, 2.24) is 20.0 Å². The van der Waals surface area contributed by atoms with Gasteiger partial charge in [-0.3, -0.25) is 9.48 Å². The van der Waals surface area contributed by atoms with Crippen LogP contribution in [-0.4, -0.2) is 59.0 Å². The fraction of sp³-hybridized carbons (Fsp3) is 0.667. The van der Waals surface area contributed by atoms with Gasteiger partial charge in [-0.15, -0.1) is 0 Å². The third-order valence-corrected chi connectivity index (χ3v) is 2.64. The second kappa shape index (κ2) is 7.13. The average molecular weight is 254 g/mol. The smallest absolute Gasteiger partial charge is 0.220 e. The van der Waals surface area contributed by atoms with Gasteiger partial charge in [-0.2, -0.15) is 5.10 Å². The molecule has 2 N–H and O–H groups in total. The lowest BCUT2D eigenvalue weighted by molar-refractivity contribution is -0.121. The summed E-state index contributed by atoms with van der Waals surface area (Å²) in [4.78, 5) is 13.5.